The second-order valence-electron chi connectivity index (χ2n) is 7.57. The summed E-state index contributed by atoms with van der Waals surface area (Å²) < 4.78 is 47.0. The van der Waals surface area contributed by atoms with E-state index >= 15 is 0 Å². The molecule has 2 amide bonds. The van der Waals surface area contributed by atoms with Gasteiger partial charge in [0.1, 0.15) is 5.69 Å². The number of hydrogen-bond acceptors (Lipinski definition) is 4. The highest BCUT2D eigenvalue weighted by molar-refractivity contribution is 5.95. The number of ether oxygens (including phenoxy) is 1. The van der Waals surface area contributed by atoms with Gasteiger partial charge >= 0.3 is 6.18 Å². The van der Waals surface area contributed by atoms with Gasteiger partial charge in [-0.1, -0.05) is 30.3 Å². The highest BCUT2D eigenvalue weighted by atomic mass is 19.4. The van der Waals surface area contributed by atoms with Crippen LogP contribution >= 0.6 is 0 Å². The molecular formula is C22H20F3N3O4. The Morgan fingerprint density at radius 2 is 1.81 bits per heavy atom. The van der Waals surface area contributed by atoms with Crippen LogP contribution in [0.1, 0.15) is 21.6 Å². The normalized spacial score (nSPS) is 18.6. The molecule has 0 aliphatic carbocycles. The number of rotatable bonds is 5. The van der Waals surface area contributed by atoms with Gasteiger partial charge in [-0.15, -0.1) is 0 Å². The van der Waals surface area contributed by atoms with Gasteiger partial charge in [0, 0.05) is 23.0 Å². The van der Waals surface area contributed by atoms with Crippen molar-refractivity contribution in [1.29, 1.82) is 0 Å². The summed E-state index contributed by atoms with van der Waals surface area (Å²) in [5, 5.41) is 12.0. The van der Waals surface area contributed by atoms with E-state index in [1.807, 2.05) is 0 Å². The van der Waals surface area contributed by atoms with Gasteiger partial charge in [0.05, 0.1) is 25.2 Å². The summed E-state index contributed by atoms with van der Waals surface area (Å²) in [5.41, 5.74) is 2.16. The summed E-state index contributed by atoms with van der Waals surface area (Å²) in [6.45, 7) is 0.185. The van der Waals surface area contributed by atoms with Crippen molar-refractivity contribution in [3.63, 3.8) is 0 Å². The lowest BCUT2D eigenvalue weighted by Gasteiger charge is -2.17. The molecule has 1 aromatic heterocycles. The Hall–Kier alpha value is -3.37. The van der Waals surface area contributed by atoms with Gasteiger partial charge in [0.15, 0.2) is 0 Å². The molecule has 1 aliphatic heterocycles. The van der Waals surface area contributed by atoms with Gasteiger partial charge in [-0.25, -0.2) is 5.48 Å². The van der Waals surface area contributed by atoms with Gasteiger partial charge in [0.2, 0.25) is 0 Å². The number of alkyl halides is 3. The van der Waals surface area contributed by atoms with Gasteiger partial charge in [-0.2, -0.15) is 13.2 Å². The molecule has 0 saturated carbocycles. The van der Waals surface area contributed by atoms with Crippen molar-refractivity contribution < 1.29 is 32.7 Å². The third-order valence-corrected chi connectivity index (χ3v) is 5.50. The first kappa shape index (κ1) is 21.8. The second-order valence-corrected chi connectivity index (χ2v) is 7.57. The quantitative estimate of drug-likeness (QED) is 0.414. The number of nitrogens with zero attached hydrogens (tertiary/aromatic N) is 1. The predicted octanol–water partition coefficient (Wildman–Crippen LogP) is 2.96. The fraction of sp³-hybridized carbons (Fsp3) is 0.273. The Bertz CT molecular complexity index is 1140. The topological polar surface area (TPSA) is 92.6 Å². The minimum atomic E-state index is -4.50. The van der Waals surface area contributed by atoms with Crippen molar-refractivity contribution in [3.05, 3.63) is 71.4 Å². The van der Waals surface area contributed by atoms with E-state index in [1.165, 1.54) is 16.7 Å². The number of benzene rings is 2. The molecule has 0 bridgehead atoms. The Morgan fingerprint density at radius 1 is 1.09 bits per heavy atom. The summed E-state index contributed by atoms with van der Waals surface area (Å²) in [6.07, 6.45) is -4.50. The summed E-state index contributed by atoms with van der Waals surface area (Å²) in [5.74, 6) is -1.82. The van der Waals surface area contributed by atoms with Gasteiger partial charge in [0.25, 0.3) is 11.8 Å². The van der Waals surface area contributed by atoms with E-state index in [0.29, 0.717) is 16.5 Å². The molecule has 32 heavy (non-hydrogen) atoms. The number of hydrogen-bond donors (Lipinski definition) is 3. The second kappa shape index (κ2) is 8.64. The molecule has 2 atom stereocenters. The van der Waals surface area contributed by atoms with E-state index in [2.05, 4.69) is 5.32 Å². The number of nitrogens with one attached hydrogen (secondary N) is 2. The highest BCUT2D eigenvalue weighted by Crippen LogP contribution is 2.34. The zero-order chi connectivity index (χ0) is 22.9. The van der Waals surface area contributed by atoms with Gasteiger partial charge in [-0.05, 0) is 29.8 Å². The fourth-order valence-corrected chi connectivity index (χ4v) is 3.85. The van der Waals surface area contributed by atoms with E-state index in [0.717, 1.165) is 6.07 Å². The molecule has 168 valence electrons. The molecule has 0 unspecified atom stereocenters. The van der Waals surface area contributed by atoms with Crippen LogP contribution in [-0.2, 0) is 22.3 Å². The lowest BCUT2D eigenvalue weighted by Crippen LogP contribution is -2.45. The smallest absolute Gasteiger partial charge is 0.378 e. The van der Waals surface area contributed by atoms with E-state index < -0.39 is 35.6 Å². The predicted molar refractivity (Wildman–Crippen MR) is 108 cm³/mol. The van der Waals surface area contributed by atoms with E-state index in [9.17, 15) is 22.8 Å². The number of hydroxylamine groups is 1. The van der Waals surface area contributed by atoms with Crippen molar-refractivity contribution in [2.24, 2.45) is 5.92 Å². The lowest BCUT2D eigenvalue weighted by atomic mass is 10.0. The summed E-state index contributed by atoms with van der Waals surface area (Å²) in [7, 11) is 0. The van der Waals surface area contributed by atoms with Crippen molar-refractivity contribution >= 4 is 22.7 Å². The van der Waals surface area contributed by atoms with Crippen molar-refractivity contribution in [2.75, 3.05) is 13.2 Å². The molecule has 2 heterocycles. The number of para-hydroxylation sites is 1. The Balaban J connectivity index is 1.51. The van der Waals surface area contributed by atoms with Crippen molar-refractivity contribution in [2.45, 2.75) is 18.8 Å². The van der Waals surface area contributed by atoms with Gasteiger partial charge < -0.3 is 14.6 Å². The zero-order valence-electron chi connectivity index (χ0n) is 16.7. The number of carbonyl (C=O) groups is 2. The summed E-state index contributed by atoms with van der Waals surface area (Å²) >= 11 is 0. The number of halogens is 3. The lowest BCUT2D eigenvalue weighted by molar-refractivity contribution is -0.143. The third-order valence-electron chi connectivity index (χ3n) is 5.50. The molecule has 1 saturated heterocycles. The van der Waals surface area contributed by atoms with Crippen LogP contribution in [0.2, 0.25) is 0 Å². The Morgan fingerprint density at radius 3 is 2.50 bits per heavy atom. The molecule has 2 aromatic carbocycles. The summed E-state index contributed by atoms with van der Waals surface area (Å²) in [4.78, 5) is 24.2. The van der Waals surface area contributed by atoms with Crippen LogP contribution in [0, 0.1) is 5.92 Å². The molecule has 7 nitrogen and oxygen atoms in total. The molecule has 3 N–H and O–H groups in total. The first-order valence-corrected chi connectivity index (χ1v) is 9.85. The SMILES string of the molecule is O=C(N[C@@H]1COC[C@@H]1C(=O)NO)c1ccc(Cn2c(C(F)(F)F)cc3ccccc32)cc1. The van der Waals surface area contributed by atoms with Crippen LogP contribution in [0.25, 0.3) is 10.9 Å². The largest absolute Gasteiger partial charge is 0.431 e. The Labute approximate surface area is 180 Å². The van der Waals surface area contributed by atoms with E-state index in [-0.39, 0.29) is 25.3 Å². The van der Waals surface area contributed by atoms with E-state index in [4.69, 9.17) is 9.94 Å². The highest BCUT2D eigenvalue weighted by Gasteiger charge is 2.36. The zero-order valence-corrected chi connectivity index (χ0v) is 16.7. The first-order chi connectivity index (χ1) is 15.3. The molecule has 4 rings (SSSR count). The standard InChI is InChI=1S/C22H20F3N3O4/c23-22(24,25)19-9-15-3-1-2-4-18(15)28(19)10-13-5-7-14(8-6-13)20(29)26-17-12-32-11-16(17)21(30)27-31/h1-9,16-17,31H,10-12H2,(H,26,29)(H,27,30)/t16-,17+/m0/s1. The average molecular weight is 447 g/mol. The fourth-order valence-electron chi connectivity index (χ4n) is 3.85. The maximum atomic E-state index is 13.5. The maximum Gasteiger partial charge on any atom is 0.431 e. The molecule has 10 heteroatoms. The van der Waals surface area contributed by atoms with Crippen LogP contribution in [0.4, 0.5) is 13.2 Å². The van der Waals surface area contributed by atoms with E-state index in [1.54, 1.807) is 41.9 Å². The number of carbonyl (C=O) groups excluding carboxylic acids is 2. The van der Waals surface area contributed by atoms with Crippen molar-refractivity contribution in [3.8, 4) is 0 Å². The summed E-state index contributed by atoms with van der Waals surface area (Å²) in [6, 6.07) is 13.4. The van der Waals surface area contributed by atoms with Crippen LogP contribution in [0.5, 0.6) is 0 Å². The molecule has 3 aromatic rings. The molecule has 0 radical (unpaired) electrons. The minimum absolute atomic E-state index is 0.0144. The average Bonchev–Trinajstić information content (AvgIpc) is 3.38. The Kier molecular flexibility index (Phi) is 5.90. The monoisotopic (exact) mass is 447 g/mol. The van der Waals surface area contributed by atoms with Crippen LogP contribution in [-0.4, -0.2) is 40.8 Å². The van der Waals surface area contributed by atoms with Crippen LogP contribution in [0.3, 0.4) is 0 Å². The number of amides is 2. The number of aromatic nitrogens is 1. The molecule has 1 aliphatic rings. The van der Waals surface area contributed by atoms with Gasteiger partial charge in [-0.3, -0.25) is 14.8 Å². The third kappa shape index (κ3) is 4.32. The minimum Gasteiger partial charge on any atom is -0.378 e. The molecule has 1 fully saturated rings. The van der Waals surface area contributed by atoms with Crippen molar-refractivity contribution in [1.82, 2.24) is 15.4 Å². The molecular weight excluding hydrogens is 427 g/mol. The molecule has 0 spiro atoms. The first-order valence-electron chi connectivity index (χ1n) is 9.85. The number of fused-ring (bicyclic) bond motifs is 1. The maximum absolute atomic E-state index is 13.5. The van der Waals surface area contributed by atoms with Crippen LogP contribution in [0.15, 0.2) is 54.6 Å². The van der Waals surface area contributed by atoms with Crippen LogP contribution < -0.4 is 10.8 Å².